The van der Waals surface area contributed by atoms with Crippen LogP contribution in [0.15, 0.2) is 0 Å². The molecule has 3 rings (SSSR count). The molecule has 0 N–H and O–H groups in total. The molecule has 3 saturated heterocycles. The normalized spacial score (nSPS) is 26.0. The molecule has 3 fully saturated rings. The van der Waals surface area contributed by atoms with Crippen LogP contribution in [0.25, 0.3) is 0 Å². The average molecular weight is 399 g/mol. The first-order valence-corrected chi connectivity index (χ1v) is 11.3. The van der Waals surface area contributed by atoms with E-state index in [1.54, 1.807) is 0 Å². The number of imide groups is 1. The number of sulfone groups is 1. The van der Waals surface area contributed by atoms with Crippen LogP contribution in [0.2, 0.25) is 0 Å². The zero-order valence-electron chi connectivity index (χ0n) is 15.3. The van der Waals surface area contributed by atoms with Gasteiger partial charge in [0.15, 0.2) is 9.84 Å². The first kappa shape index (κ1) is 19.8. The summed E-state index contributed by atoms with van der Waals surface area (Å²) in [5, 5.41) is 0. The molecule has 1 atom stereocenters. The van der Waals surface area contributed by atoms with Crippen LogP contribution in [-0.2, 0) is 29.0 Å². The molecule has 9 nitrogen and oxygen atoms in total. The van der Waals surface area contributed by atoms with Gasteiger partial charge < -0.3 is 9.80 Å². The van der Waals surface area contributed by atoms with Gasteiger partial charge in [0.1, 0.15) is 11.8 Å². The van der Waals surface area contributed by atoms with Gasteiger partial charge in [-0.1, -0.05) is 0 Å². The molecule has 1 unspecified atom stereocenters. The Labute approximate surface area is 158 Å². The van der Waals surface area contributed by atoms with Crippen molar-refractivity contribution in [3.8, 4) is 0 Å². The van der Waals surface area contributed by atoms with Gasteiger partial charge in [-0.2, -0.15) is 0 Å². The van der Waals surface area contributed by atoms with Crippen LogP contribution in [-0.4, -0.2) is 90.5 Å². The largest absolute Gasteiger partial charge is 0.341 e. The first-order valence-electron chi connectivity index (χ1n) is 9.45. The number of carbonyl (C=O) groups excluding carboxylic acids is 4. The summed E-state index contributed by atoms with van der Waals surface area (Å²) in [7, 11) is -3.80. The first-order chi connectivity index (χ1) is 12.8. The molecule has 0 aromatic heterocycles. The summed E-state index contributed by atoms with van der Waals surface area (Å²) in [4.78, 5) is 54.1. The fraction of sp³-hybridized carbons (Fsp3) is 0.765. The Morgan fingerprint density at radius 2 is 1.30 bits per heavy atom. The molecule has 0 spiro atoms. The van der Waals surface area contributed by atoms with E-state index in [0.29, 0.717) is 31.1 Å². The van der Waals surface area contributed by atoms with Gasteiger partial charge in [0.05, 0.1) is 5.75 Å². The van der Waals surface area contributed by atoms with E-state index in [-0.39, 0.29) is 0 Å². The molecule has 0 aromatic rings. The highest BCUT2D eigenvalue weighted by Gasteiger charge is 2.47. The van der Waals surface area contributed by atoms with Crippen molar-refractivity contribution in [2.45, 2.75) is 44.6 Å². The average Bonchev–Trinajstić information content (AvgIpc) is 2.66. The van der Waals surface area contributed by atoms with Crippen LogP contribution in [0.3, 0.4) is 0 Å². The van der Waals surface area contributed by atoms with E-state index < -0.39 is 51.0 Å². The highest BCUT2D eigenvalue weighted by Crippen LogP contribution is 2.20. The summed E-state index contributed by atoms with van der Waals surface area (Å²) in [6.45, 7) is 1.78. The Hall–Kier alpha value is -1.97. The molecular formula is C17H25N3O6S. The molecule has 0 saturated carbocycles. The van der Waals surface area contributed by atoms with Gasteiger partial charge in [0.2, 0.25) is 11.8 Å². The summed E-state index contributed by atoms with van der Waals surface area (Å²) >= 11 is 0. The number of hydrogen-bond donors (Lipinski definition) is 0. The summed E-state index contributed by atoms with van der Waals surface area (Å²) in [6, 6.07) is -1.45. The Morgan fingerprint density at radius 3 is 1.85 bits per heavy atom. The van der Waals surface area contributed by atoms with Crippen molar-refractivity contribution in [2.75, 3.05) is 37.7 Å². The molecule has 27 heavy (non-hydrogen) atoms. The van der Waals surface area contributed by atoms with E-state index in [1.165, 1.54) is 9.80 Å². The lowest BCUT2D eigenvalue weighted by Gasteiger charge is -2.37. The molecule has 10 heteroatoms. The van der Waals surface area contributed by atoms with Gasteiger partial charge in [-0.15, -0.1) is 0 Å². The zero-order valence-corrected chi connectivity index (χ0v) is 16.1. The molecule has 3 heterocycles. The Bertz CT molecular complexity index is 738. The molecule has 4 amide bonds. The van der Waals surface area contributed by atoms with Crippen LogP contribution < -0.4 is 0 Å². The second-order valence-corrected chi connectivity index (χ2v) is 9.49. The van der Waals surface area contributed by atoms with E-state index >= 15 is 0 Å². The summed E-state index contributed by atoms with van der Waals surface area (Å²) in [5.74, 6) is -4.95. The highest BCUT2D eigenvalue weighted by atomic mass is 32.2. The van der Waals surface area contributed by atoms with Crippen molar-refractivity contribution < 1.29 is 27.6 Å². The monoisotopic (exact) mass is 399 g/mol. The molecule has 0 bridgehead atoms. The molecule has 0 radical (unpaired) electrons. The quantitative estimate of drug-likeness (QED) is 0.532. The fourth-order valence-electron chi connectivity index (χ4n) is 3.90. The molecule has 3 aliphatic heterocycles. The Morgan fingerprint density at radius 1 is 0.778 bits per heavy atom. The van der Waals surface area contributed by atoms with Crippen LogP contribution in [0, 0.1) is 0 Å². The summed E-state index contributed by atoms with van der Waals surface area (Å²) < 4.78 is 24.1. The third-order valence-corrected chi connectivity index (χ3v) is 6.84. The maximum Gasteiger partial charge on any atom is 0.319 e. The minimum atomic E-state index is -3.80. The molecular weight excluding hydrogens is 374 g/mol. The van der Waals surface area contributed by atoms with Crippen molar-refractivity contribution in [3.63, 3.8) is 0 Å². The number of amides is 4. The number of likely N-dealkylation sites (tertiary alicyclic amines) is 2. The predicted molar refractivity (Wildman–Crippen MR) is 95.2 cm³/mol. The molecule has 0 aromatic carbocycles. The maximum atomic E-state index is 12.9. The van der Waals surface area contributed by atoms with Crippen molar-refractivity contribution >= 4 is 33.5 Å². The van der Waals surface area contributed by atoms with E-state index in [2.05, 4.69) is 0 Å². The van der Waals surface area contributed by atoms with E-state index in [9.17, 15) is 27.6 Å². The lowest BCUT2D eigenvalue weighted by Crippen LogP contribution is -2.63. The molecule has 0 aliphatic carbocycles. The van der Waals surface area contributed by atoms with Crippen molar-refractivity contribution in [3.05, 3.63) is 0 Å². The van der Waals surface area contributed by atoms with Crippen LogP contribution in [0.4, 0.5) is 0 Å². The maximum absolute atomic E-state index is 12.9. The van der Waals surface area contributed by atoms with Crippen LogP contribution in [0.5, 0.6) is 0 Å². The van der Waals surface area contributed by atoms with Gasteiger partial charge in [-0.05, 0) is 38.5 Å². The fourth-order valence-corrected chi connectivity index (χ4v) is 5.31. The van der Waals surface area contributed by atoms with Gasteiger partial charge >= 0.3 is 11.8 Å². The second kappa shape index (κ2) is 7.95. The second-order valence-electron chi connectivity index (χ2n) is 7.38. The van der Waals surface area contributed by atoms with Gasteiger partial charge in [-0.25, -0.2) is 8.42 Å². The van der Waals surface area contributed by atoms with Gasteiger partial charge in [-0.3, -0.25) is 24.1 Å². The van der Waals surface area contributed by atoms with E-state index in [0.717, 1.165) is 38.5 Å². The third kappa shape index (κ3) is 4.31. The standard InChI is InChI=1S/C17H25N3O6S/c21-14-12-27(25,26)11-13(15(22)18-7-3-1-4-8-18)20(14)17(24)16(23)19-9-5-2-6-10-19/h13H,1-12H2. The smallest absolute Gasteiger partial charge is 0.319 e. The summed E-state index contributed by atoms with van der Waals surface area (Å²) in [5.41, 5.74) is 0. The Kier molecular flexibility index (Phi) is 5.83. The van der Waals surface area contributed by atoms with Crippen LogP contribution >= 0.6 is 0 Å². The molecule has 3 aliphatic rings. The third-order valence-electron chi connectivity index (χ3n) is 5.33. The Balaban J connectivity index is 1.84. The molecule has 150 valence electrons. The number of nitrogens with zero attached hydrogens (tertiary/aromatic N) is 3. The highest BCUT2D eigenvalue weighted by molar-refractivity contribution is 7.92. The van der Waals surface area contributed by atoms with Crippen molar-refractivity contribution in [1.29, 1.82) is 0 Å². The number of carbonyl (C=O) groups is 4. The minimum Gasteiger partial charge on any atom is -0.341 e. The lowest BCUT2D eigenvalue weighted by molar-refractivity contribution is -0.161. The van der Waals surface area contributed by atoms with Gasteiger partial charge in [0, 0.05) is 26.2 Å². The number of hydrogen-bond acceptors (Lipinski definition) is 6. The van der Waals surface area contributed by atoms with Crippen molar-refractivity contribution in [1.82, 2.24) is 14.7 Å². The SMILES string of the molecule is O=C(C(=O)N1C(=O)CS(=O)(=O)CC1C(=O)N1CCCCC1)N1CCCCC1. The predicted octanol–water partition coefficient (Wildman–Crippen LogP) is -0.836. The topological polar surface area (TPSA) is 112 Å². The van der Waals surface area contributed by atoms with Gasteiger partial charge in [0.25, 0.3) is 0 Å². The van der Waals surface area contributed by atoms with E-state index in [4.69, 9.17) is 0 Å². The number of rotatable bonds is 1. The van der Waals surface area contributed by atoms with Crippen molar-refractivity contribution in [2.24, 2.45) is 0 Å². The van der Waals surface area contributed by atoms with Crippen LogP contribution in [0.1, 0.15) is 38.5 Å². The summed E-state index contributed by atoms with van der Waals surface area (Å²) in [6.07, 6.45) is 5.07. The number of piperidine rings is 2. The minimum absolute atomic E-state index is 0.426. The zero-order chi connectivity index (χ0) is 19.6. The lowest BCUT2D eigenvalue weighted by atomic mass is 10.1. The van der Waals surface area contributed by atoms with E-state index in [1.807, 2.05) is 0 Å².